The highest BCUT2D eigenvalue weighted by Gasteiger charge is 2.11. The van der Waals surface area contributed by atoms with E-state index in [1.165, 1.54) is 18.3 Å². The molecule has 0 spiro atoms. The Morgan fingerprint density at radius 1 is 1.29 bits per heavy atom. The van der Waals surface area contributed by atoms with Gasteiger partial charge in [0.15, 0.2) is 0 Å². The molecular formula is C14H12FN3O3. The van der Waals surface area contributed by atoms with Crippen molar-refractivity contribution in [3.63, 3.8) is 0 Å². The van der Waals surface area contributed by atoms with Gasteiger partial charge in [-0.1, -0.05) is 0 Å². The van der Waals surface area contributed by atoms with Gasteiger partial charge in [-0.25, -0.2) is 9.18 Å². The molecule has 0 saturated heterocycles. The minimum atomic E-state index is -1.24. The molecule has 21 heavy (non-hydrogen) atoms. The first-order chi connectivity index (χ1) is 9.95. The van der Waals surface area contributed by atoms with Crippen LogP contribution in [0.15, 0.2) is 36.5 Å². The Kier molecular flexibility index (Phi) is 4.13. The van der Waals surface area contributed by atoms with Crippen molar-refractivity contribution in [1.82, 2.24) is 4.98 Å². The van der Waals surface area contributed by atoms with Gasteiger partial charge >= 0.3 is 5.97 Å². The number of amides is 1. The van der Waals surface area contributed by atoms with Gasteiger partial charge in [-0.15, -0.1) is 0 Å². The molecule has 1 aromatic heterocycles. The average Bonchev–Trinajstić information content (AvgIpc) is 2.43. The summed E-state index contributed by atoms with van der Waals surface area (Å²) in [6.45, 7) is 0. The van der Waals surface area contributed by atoms with Crippen molar-refractivity contribution in [3.8, 4) is 0 Å². The topological polar surface area (TPSA) is 105 Å². The fourth-order valence-corrected chi connectivity index (χ4v) is 1.65. The van der Waals surface area contributed by atoms with Crippen LogP contribution < -0.4 is 11.1 Å². The summed E-state index contributed by atoms with van der Waals surface area (Å²) in [5.41, 5.74) is 6.18. The van der Waals surface area contributed by atoms with E-state index in [9.17, 15) is 14.0 Å². The molecule has 7 heteroatoms. The lowest BCUT2D eigenvalue weighted by Gasteiger charge is -2.07. The minimum Gasteiger partial charge on any atom is -0.478 e. The molecular weight excluding hydrogens is 277 g/mol. The zero-order valence-electron chi connectivity index (χ0n) is 10.8. The molecule has 0 aliphatic carbocycles. The van der Waals surface area contributed by atoms with Crippen molar-refractivity contribution >= 4 is 23.3 Å². The second-order valence-corrected chi connectivity index (χ2v) is 4.31. The maximum Gasteiger partial charge on any atom is 0.335 e. The molecule has 0 bridgehead atoms. The number of halogens is 1. The predicted molar refractivity (Wildman–Crippen MR) is 74.3 cm³/mol. The lowest BCUT2D eigenvalue weighted by atomic mass is 10.2. The third-order valence-corrected chi connectivity index (χ3v) is 2.68. The molecule has 0 radical (unpaired) electrons. The van der Waals surface area contributed by atoms with Gasteiger partial charge in [-0.2, -0.15) is 0 Å². The first kappa shape index (κ1) is 14.4. The number of carbonyl (C=O) groups excluding carboxylic acids is 1. The van der Waals surface area contributed by atoms with Crippen LogP contribution in [0.2, 0.25) is 0 Å². The van der Waals surface area contributed by atoms with Crippen LogP contribution in [0.1, 0.15) is 16.1 Å². The zero-order chi connectivity index (χ0) is 15.4. The average molecular weight is 289 g/mol. The number of aromatic nitrogens is 1. The molecule has 6 nitrogen and oxygen atoms in total. The summed E-state index contributed by atoms with van der Waals surface area (Å²) in [5, 5.41) is 11.1. The number of nitrogens with zero attached hydrogens (tertiary/aromatic N) is 1. The van der Waals surface area contributed by atoms with Gasteiger partial charge in [0.2, 0.25) is 5.91 Å². The van der Waals surface area contributed by atoms with Crippen LogP contribution in [-0.2, 0) is 11.2 Å². The molecule has 0 atom stereocenters. The highest BCUT2D eigenvalue weighted by atomic mass is 19.1. The Hall–Kier alpha value is -2.96. The van der Waals surface area contributed by atoms with E-state index in [4.69, 9.17) is 10.8 Å². The van der Waals surface area contributed by atoms with Gasteiger partial charge in [0.05, 0.1) is 29.6 Å². The Balaban J connectivity index is 2.06. The molecule has 4 N–H and O–H groups in total. The standard InChI is InChI=1S/C14H12FN3O3/c15-11-5-8(14(20)21)1-4-12(11)18-13(19)6-10-3-2-9(16)7-17-10/h1-5,7H,6,16H2,(H,18,19)(H,20,21). The lowest BCUT2D eigenvalue weighted by molar-refractivity contribution is -0.115. The molecule has 0 unspecified atom stereocenters. The molecule has 2 rings (SSSR count). The summed E-state index contributed by atoms with van der Waals surface area (Å²) in [6.07, 6.45) is 1.38. The summed E-state index contributed by atoms with van der Waals surface area (Å²) < 4.78 is 13.7. The van der Waals surface area contributed by atoms with Crippen molar-refractivity contribution in [3.05, 3.63) is 53.6 Å². The minimum absolute atomic E-state index is 0.0413. The smallest absolute Gasteiger partial charge is 0.335 e. The quantitative estimate of drug-likeness (QED) is 0.794. The summed E-state index contributed by atoms with van der Waals surface area (Å²) in [5.74, 6) is -2.51. The van der Waals surface area contributed by atoms with Gasteiger partial charge < -0.3 is 16.2 Å². The number of carboxylic acid groups (broad SMARTS) is 1. The number of aromatic carboxylic acids is 1. The number of nitrogens with one attached hydrogen (secondary N) is 1. The summed E-state index contributed by atoms with van der Waals surface area (Å²) in [7, 11) is 0. The van der Waals surface area contributed by atoms with E-state index < -0.39 is 17.7 Å². The number of pyridine rings is 1. The zero-order valence-corrected chi connectivity index (χ0v) is 10.8. The third kappa shape index (κ3) is 3.75. The normalized spacial score (nSPS) is 10.1. The van der Waals surface area contributed by atoms with Crippen molar-refractivity contribution in [1.29, 1.82) is 0 Å². The Morgan fingerprint density at radius 2 is 2.05 bits per heavy atom. The van der Waals surface area contributed by atoms with Crippen molar-refractivity contribution in [2.45, 2.75) is 6.42 Å². The first-order valence-corrected chi connectivity index (χ1v) is 5.99. The number of nitrogens with two attached hydrogens (primary N) is 1. The van der Waals surface area contributed by atoms with E-state index in [0.717, 1.165) is 6.07 Å². The van der Waals surface area contributed by atoms with Crippen LogP contribution in [0.5, 0.6) is 0 Å². The van der Waals surface area contributed by atoms with Crippen molar-refractivity contribution in [2.75, 3.05) is 11.1 Å². The van der Waals surface area contributed by atoms with Gasteiger partial charge in [0.25, 0.3) is 0 Å². The number of nitrogen functional groups attached to an aromatic ring is 1. The van der Waals surface area contributed by atoms with Gasteiger partial charge in [-0.3, -0.25) is 9.78 Å². The van der Waals surface area contributed by atoms with E-state index in [1.807, 2.05) is 0 Å². The molecule has 108 valence electrons. The van der Waals surface area contributed by atoms with E-state index in [0.29, 0.717) is 11.4 Å². The van der Waals surface area contributed by atoms with Gasteiger partial charge in [0.1, 0.15) is 5.82 Å². The van der Waals surface area contributed by atoms with Crippen LogP contribution in [0.4, 0.5) is 15.8 Å². The summed E-state index contributed by atoms with van der Waals surface area (Å²) >= 11 is 0. The molecule has 0 aliphatic heterocycles. The third-order valence-electron chi connectivity index (χ3n) is 2.68. The summed E-state index contributed by atoms with van der Waals surface area (Å²) in [4.78, 5) is 26.4. The molecule has 0 saturated carbocycles. The number of hydrogen-bond donors (Lipinski definition) is 3. The number of hydrogen-bond acceptors (Lipinski definition) is 4. The van der Waals surface area contributed by atoms with Gasteiger partial charge in [0, 0.05) is 5.69 Å². The fraction of sp³-hybridized carbons (Fsp3) is 0.0714. The number of carbonyl (C=O) groups is 2. The maximum absolute atomic E-state index is 13.7. The first-order valence-electron chi connectivity index (χ1n) is 5.99. The second-order valence-electron chi connectivity index (χ2n) is 4.31. The molecule has 1 amide bonds. The van der Waals surface area contributed by atoms with Crippen molar-refractivity contribution in [2.24, 2.45) is 0 Å². The Bertz CT molecular complexity index is 686. The number of anilines is 2. The largest absolute Gasteiger partial charge is 0.478 e. The maximum atomic E-state index is 13.7. The predicted octanol–water partition coefficient (Wildman–Crippen LogP) is 1.68. The molecule has 1 heterocycles. The molecule has 0 fully saturated rings. The SMILES string of the molecule is Nc1ccc(CC(=O)Nc2ccc(C(=O)O)cc2F)nc1. The van der Waals surface area contributed by atoms with Crippen LogP contribution in [0, 0.1) is 5.82 Å². The highest BCUT2D eigenvalue weighted by molar-refractivity contribution is 5.93. The molecule has 2 aromatic rings. The van der Waals surface area contributed by atoms with Crippen LogP contribution in [0.25, 0.3) is 0 Å². The molecule has 1 aromatic carbocycles. The number of benzene rings is 1. The van der Waals surface area contributed by atoms with E-state index >= 15 is 0 Å². The van der Waals surface area contributed by atoms with Gasteiger partial charge in [-0.05, 0) is 30.3 Å². The molecule has 0 aliphatic rings. The van der Waals surface area contributed by atoms with Crippen LogP contribution in [0.3, 0.4) is 0 Å². The second kappa shape index (κ2) is 6.00. The Labute approximate surface area is 119 Å². The monoisotopic (exact) mass is 289 g/mol. The number of rotatable bonds is 4. The van der Waals surface area contributed by atoms with E-state index in [-0.39, 0.29) is 17.7 Å². The van der Waals surface area contributed by atoms with Crippen LogP contribution >= 0.6 is 0 Å². The van der Waals surface area contributed by atoms with Crippen LogP contribution in [-0.4, -0.2) is 22.0 Å². The highest BCUT2D eigenvalue weighted by Crippen LogP contribution is 2.16. The van der Waals surface area contributed by atoms with Crippen molar-refractivity contribution < 1.29 is 19.1 Å². The lowest BCUT2D eigenvalue weighted by Crippen LogP contribution is -2.16. The van der Waals surface area contributed by atoms with E-state index in [2.05, 4.69) is 10.3 Å². The van der Waals surface area contributed by atoms with E-state index in [1.54, 1.807) is 12.1 Å². The fourth-order valence-electron chi connectivity index (χ4n) is 1.65. The number of carboxylic acids is 1. The summed E-state index contributed by atoms with van der Waals surface area (Å²) in [6, 6.07) is 6.46. The Morgan fingerprint density at radius 3 is 2.62 bits per heavy atom.